The van der Waals surface area contributed by atoms with Crippen molar-refractivity contribution >= 4 is 11.3 Å². The van der Waals surface area contributed by atoms with Crippen molar-refractivity contribution in [3.8, 4) is 0 Å². The van der Waals surface area contributed by atoms with Crippen LogP contribution in [0.4, 0.5) is 0 Å². The minimum absolute atomic E-state index is 0.530. The summed E-state index contributed by atoms with van der Waals surface area (Å²) in [5, 5.41) is 3.75. The maximum absolute atomic E-state index is 5.69. The van der Waals surface area contributed by atoms with Crippen molar-refractivity contribution < 1.29 is 4.74 Å². The predicted molar refractivity (Wildman–Crippen MR) is 87.6 cm³/mol. The fourth-order valence-corrected chi connectivity index (χ4v) is 4.20. The fraction of sp³-hybridized carbons (Fsp3) is 0.765. The molecule has 114 valence electrons. The van der Waals surface area contributed by atoms with Crippen molar-refractivity contribution in [2.45, 2.75) is 65.5 Å². The number of thiophene rings is 1. The average Bonchev–Trinajstić information content (AvgIpc) is 2.70. The summed E-state index contributed by atoms with van der Waals surface area (Å²) in [6, 6.07) is 2.92. The first-order valence-electron chi connectivity index (χ1n) is 8.05. The zero-order valence-corrected chi connectivity index (χ0v) is 14.2. The van der Waals surface area contributed by atoms with Crippen LogP contribution in [0.5, 0.6) is 0 Å². The molecule has 1 N–H and O–H groups in total. The fourth-order valence-electron chi connectivity index (χ4n) is 3.21. The van der Waals surface area contributed by atoms with Crippen LogP contribution < -0.4 is 5.32 Å². The summed E-state index contributed by atoms with van der Waals surface area (Å²) < 4.78 is 5.69. The molecule has 1 saturated carbocycles. The zero-order valence-electron chi connectivity index (χ0n) is 13.4. The van der Waals surface area contributed by atoms with Crippen LogP contribution in [0.3, 0.4) is 0 Å². The van der Waals surface area contributed by atoms with Crippen LogP contribution in [0, 0.1) is 19.8 Å². The number of ether oxygens (including phenoxy) is 1. The van der Waals surface area contributed by atoms with Gasteiger partial charge in [-0.2, -0.15) is 0 Å². The van der Waals surface area contributed by atoms with Crippen molar-refractivity contribution in [1.29, 1.82) is 0 Å². The van der Waals surface area contributed by atoms with Crippen LogP contribution in [0.15, 0.2) is 6.07 Å². The smallest absolute Gasteiger partial charge is 0.0580 e. The van der Waals surface area contributed by atoms with Crippen molar-refractivity contribution in [1.82, 2.24) is 5.32 Å². The normalized spacial score (nSPS) is 23.6. The zero-order chi connectivity index (χ0) is 14.5. The molecule has 0 aromatic carbocycles. The predicted octanol–water partition coefficient (Wildman–Crippen LogP) is 4.61. The van der Waals surface area contributed by atoms with Gasteiger partial charge in [-0.3, -0.25) is 0 Å². The number of hydrogen-bond donors (Lipinski definition) is 1. The van der Waals surface area contributed by atoms with E-state index in [1.54, 1.807) is 0 Å². The summed E-state index contributed by atoms with van der Waals surface area (Å²) in [4.78, 5) is 2.92. The number of nitrogens with one attached hydrogen (secondary N) is 1. The Labute approximate surface area is 127 Å². The molecule has 0 saturated heterocycles. The molecule has 1 aromatic heterocycles. The molecule has 2 nitrogen and oxygen atoms in total. The van der Waals surface area contributed by atoms with Crippen molar-refractivity contribution in [3.05, 3.63) is 21.4 Å². The van der Waals surface area contributed by atoms with Gasteiger partial charge in [0.1, 0.15) is 0 Å². The number of rotatable bonds is 8. The lowest BCUT2D eigenvalue weighted by atomic mass is 9.77. The standard InChI is InChI=1S/C17H29NOS/c1-5-7-18-17(16-8-12(3)20-13(16)4)11-14-9-15(10-14)19-6-2/h8,14-15,17-18H,5-7,9-11H2,1-4H3. The molecule has 0 amide bonds. The van der Waals surface area contributed by atoms with E-state index in [9.17, 15) is 0 Å². The van der Waals surface area contributed by atoms with E-state index >= 15 is 0 Å². The third kappa shape index (κ3) is 4.06. The molecule has 20 heavy (non-hydrogen) atoms. The van der Waals surface area contributed by atoms with Crippen LogP contribution in [-0.4, -0.2) is 19.3 Å². The summed E-state index contributed by atoms with van der Waals surface area (Å²) in [5.41, 5.74) is 1.53. The lowest BCUT2D eigenvalue weighted by molar-refractivity contribution is -0.0291. The molecule has 1 atom stereocenters. The molecule has 0 radical (unpaired) electrons. The number of hydrogen-bond acceptors (Lipinski definition) is 3. The van der Waals surface area contributed by atoms with Crippen molar-refractivity contribution in [2.75, 3.05) is 13.2 Å². The highest BCUT2D eigenvalue weighted by Crippen LogP contribution is 2.38. The van der Waals surface area contributed by atoms with Gasteiger partial charge in [0.05, 0.1) is 6.10 Å². The van der Waals surface area contributed by atoms with E-state index in [0.29, 0.717) is 12.1 Å². The minimum atomic E-state index is 0.530. The third-order valence-corrected chi connectivity index (χ3v) is 5.24. The van der Waals surface area contributed by atoms with Gasteiger partial charge >= 0.3 is 0 Å². The molecule has 0 bridgehead atoms. The van der Waals surface area contributed by atoms with Crippen LogP contribution >= 0.6 is 11.3 Å². The molecule has 1 aliphatic carbocycles. The van der Waals surface area contributed by atoms with Crippen LogP contribution in [0.2, 0.25) is 0 Å². The highest BCUT2D eigenvalue weighted by atomic mass is 32.1. The monoisotopic (exact) mass is 295 g/mol. The average molecular weight is 295 g/mol. The molecule has 1 fully saturated rings. The largest absolute Gasteiger partial charge is 0.378 e. The second kappa shape index (κ2) is 7.58. The number of aryl methyl sites for hydroxylation is 2. The topological polar surface area (TPSA) is 21.3 Å². The molecule has 3 heteroatoms. The van der Waals surface area contributed by atoms with Crippen LogP contribution in [0.25, 0.3) is 0 Å². The summed E-state index contributed by atoms with van der Waals surface area (Å²) in [7, 11) is 0. The molecule has 1 heterocycles. The first kappa shape index (κ1) is 16.0. The maximum Gasteiger partial charge on any atom is 0.0580 e. The van der Waals surface area contributed by atoms with Crippen molar-refractivity contribution in [3.63, 3.8) is 0 Å². The highest BCUT2D eigenvalue weighted by molar-refractivity contribution is 7.12. The van der Waals surface area contributed by atoms with E-state index in [0.717, 1.165) is 19.1 Å². The van der Waals surface area contributed by atoms with Gasteiger partial charge in [0.2, 0.25) is 0 Å². The Balaban J connectivity index is 1.93. The Bertz CT molecular complexity index is 409. The summed E-state index contributed by atoms with van der Waals surface area (Å²) >= 11 is 1.93. The Kier molecular flexibility index (Phi) is 6.06. The maximum atomic E-state index is 5.69. The van der Waals surface area contributed by atoms with Gasteiger partial charge in [-0.15, -0.1) is 11.3 Å². The Morgan fingerprint density at radius 2 is 2.10 bits per heavy atom. The molecule has 1 aliphatic rings. The van der Waals surface area contributed by atoms with Crippen LogP contribution in [-0.2, 0) is 4.74 Å². The molecule has 0 aliphatic heterocycles. The van der Waals surface area contributed by atoms with Gasteiger partial charge in [0.25, 0.3) is 0 Å². The Hall–Kier alpha value is -0.380. The second-order valence-electron chi connectivity index (χ2n) is 6.03. The Morgan fingerprint density at radius 3 is 2.65 bits per heavy atom. The lowest BCUT2D eigenvalue weighted by Gasteiger charge is -2.37. The van der Waals surface area contributed by atoms with Gasteiger partial charge in [0.15, 0.2) is 0 Å². The quantitative estimate of drug-likeness (QED) is 0.756. The van der Waals surface area contributed by atoms with E-state index in [1.807, 2.05) is 11.3 Å². The molecular weight excluding hydrogens is 266 g/mol. The van der Waals surface area contributed by atoms with Crippen molar-refractivity contribution in [2.24, 2.45) is 5.92 Å². The Morgan fingerprint density at radius 1 is 1.35 bits per heavy atom. The van der Waals surface area contributed by atoms with Gasteiger partial charge < -0.3 is 10.1 Å². The molecule has 2 rings (SSSR count). The molecule has 1 aromatic rings. The molecular formula is C17H29NOS. The van der Waals surface area contributed by atoms with E-state index in [-0.39, 0.29) is 0 Å². The molecule has 0 spiro atoms. The van der Waals surface area contributed by atoms with Gasteiger partial charge in [-0.1, -0.05) is 6.92 Å². The van der Waals surface area contributed by atoms with Crippen LogP contribution in [0.1, 0.15) is 60.9 Å². The molecule has 1 unspecified atom stereocenters. The summed E-state index contributed by atoms with van der Waals surface area (Å²) in [6.45, 7) is 10.8. The van der Waals surface area contributed by atoms with Gasteiger partial charge in [0, 0.05) is 22.4 Å². The minimum Gasteiger partial charge on any atom is -0.378 e. The lowest BCUT2D eigenvalue weighted by Crippen LogP contribution is -2.35. The van der Waals surface area contributed by atoms with Gasteiger partial charge in [-0.25, -0.2) is 0 Å². The first-order chi connectivity index (χ1) is 9.63. The van der Waals surface area contributed by atoms with E-state index in [1.165, 1.54) is 41.0 Å². The van der Waals surface area contributed by atoms with Gasteiger partial charge in [-0.05, 0) is 70.5 Å². The first-order valence-corrected chi connectivity index (χ1v) is 8.87. The van der Waals surface area contributed by atoms with E-state index in [4.69, 9.17) is 4.74 Å². The van der Waals surface area contributed by atoms with E-state index in [2.05, 4.69) is 39.1 Å². The highest BCUT2D eigenvalue weighted by Gasteiger charge is 2.32. The summed E-state index contributed by atoms with van der Waals surface area (Å²) in [6.07, 6.45) is 5.49. The SMILES string of the molecule is CCCNC(CC1CC(OCC)C1)c1cc(C)sc1C. The summed E-state index contributed by atoms with van der Waals surface area (Å²) in [5.74, 6) is 0.834. The van der Waals surface area contributed by atoms with E-state index < -0.39 is 0 Å². The second-order valence-corrected chi connectivity index (χ2v) is 7.49. The third-order valence-electron chi connectivity index (χ3n) is 4.26.